The highest BCUT2D eigenvalue weighted by atomic mass is 16.4. The van der Waals surface area contributed by atoms with Gasteiger partial charge < -0.3 is 24.6 Å². The molecule has 0 bridgehead atoms. The maximum Gasteiger partial charge on any atom is 0.349 e. The molecule has 2 atom stereocenters. The van der Waals surface area contributed by atoms with E-state index in [0.29, 0.717) is 25.0 Å². The first-order valence-corrected chi connectivity index (χ1v) is 24.4. The number of carbonyl (C=O) groups is 3. The van der Waals surface area contributed by atoms with Crippen LogP contribution < -0.4 is 15.8 Å². The molecule has 0 saturated heterocycles. The van der Waals surface area contributed by atoms with Gasteiger partial charge in [-0.1, -0.05) is 162 Å². The maximum absolute atomic E-state index is 14.0. The summed E-state index contributed by atoms with van der Waals surface area (Å²) in [6.45, 7) is 12.9. The molecule has 0 fully saturated rings. The molecule has 1 aromatic heterocycles. The lowest BCUT2D eigenvalue weighted by molar-refractivity contribution is -0.142. The van der Waals surface area contributed by atoms with Crippen molar-refractivity contribution in [3.8, 4) is 0 Å². The van der Waals surface area contributed by atoms with Crippen molar-refractivity contribution in [1.29, 1.82) is 0 Å². The first-order chi connectivity index (χ1) is 28.7. The van der Waals surface area contributed by atoms with Crippen molar-refractivity contribution in [3.05, 3.63) is 40.2 Å². The van der Waals surface area contributed by atoms with Gasteiger partial charge in [-0.15, -0.1) is 0 Å². The van der Waals surface area contributed by atoms with Crippen molar-refractivity contribution in [2.45, 2.75) is 226 Å². The van der Waals surface area contributed by atoms with Crippen LogP contribution in [-0.2, 0) is 9.59 Å². The lowest BCUT2D eigenvalue weighted by Gasteiger charge is -2.31. The molecule has 0 aliphatic heterocycles. The number of anilines is 1. The molecule has 0 saturated carbocycles. The molecule has 2 rings (SSSR count). The van der Waals surface area contributed by atoms with E-state index >= 15 is 0 Å². The summed E-state index contributed by atoms with van der Waals surface area (Å²) in [5.74, 6) is -1.31. The predicted molar refractivity (Wildman–Crippen MR) is 247 cm³/mol. The fourth-order valence-corrected chi connectivity index (χ4v) is 8.46. The van der Waals surface area contributed by atoms with E-state index in [4.69, 9.17) is 4.42 Å². The first kappa shape index (κ1) is 51.8. The lowest BCUT2D eigenvalue weighted by atomic mass is 9.98. The van der Waals surface area contributed by atoms with Gasteiger partial charge in [-0.3, -0.25) is 9.59 Å². The van der Waals surface area contributed by atoms with E-state index in [1.165, 1.54) is 64.2 Å². The van der Waals surface area contributed by atoms with Crippen LogP contribution in [0.5, 0.6) is 0 Å². The highest BCUT2D eigenvalue weighted by molar-refractivity contribution is 5.97. The van der Waals surface area contributed by atoms with E-state index in [1.807, 2.05) is 30.0 Å². The van der Waals surface area contributed by atoms with Gasteiger partial charge in [0.1, 0.15) is 17.2 Å². The summed E-state index contributed by atoms with van der Waals surface area (Å²) in [5.41, 5.74) is 1.05. The number of carboxylic acid groups (broad SMARTS) is 1. The average molecular weight is 824 g/mol. The Labute approximate surface area is 358 Å². The number of benzene rings is 1. The smallest absolute Gasteiger partial charge is 0.349 e. The largest absolute Gasteiger partial charge is 0.480 e. The standard InChI is InChI=1S/C50H85N3O6/c1-6-11-13-15-16-17-18-19-20-24-27-31-35-45(49(56)57)51-47(54)36-32-28-25-22-21-23-26-30-34-42(33-29-14-12-7-2)53(10-5)48(55)44-39-41-37-38-43(52(8-3)9-4)40-46(41)59-50(44)58/h37-40,42,45H,6-36H2,1-5H3,(H,51,54)(H,56,57). The monoisotopic (exact) mass is 824 g/mol. The van der Waals surface area contributed by atoms with Gasteiger partial charge in [0.2, 0.25) is 5.91 Å². The van der Waals surface area contributed by atoms with Crippen molar-refractivity contribution in [1.82, 2.24) is 10.2 Å². The minimum atomic E-state index is -0.930. The van der Waals surface area contributed by atoms with Gasteiger partial charge >= 0.3 is 11.6 Å². The molecule has 2 amide bonds. The SMILES string of the molecule is CCCCCCCCCCCCCCC(NC(=O)CCCCCCCCCCC(CCCCCC)N(CC)C(=O)c1cc2ccc(N(CC)CC)cc2oc1=O)C(=O)O. The van der Waals surface area contributed by atoms with E-state index in [9.17, 15) is 24.3 Å². The molecule has 1 aromatic carbocycles. The highest BCUT2D eigenvalue weighted by Gasteiger charge is 2.26. The Bertz CT molecular complexity index is 1490. The Morgan fingerprint density at radius 2 is 1.08 bits per heavy atom. The third-order valence-corrected chi connectivity index (χ3v) is 12.2. The van der Waals surface area contributed by atoms with Crippen LogP contribution in [0.1, 0.15) is 225 Å². The number of fused-ring (bicyclic) bond motifs is 1. The van der Waals surface area contributed by atoms with Gasteiger partial charge in [0.05, 0.1) is 0 Å². The van der Waals surface area contributed by atoms with Crippen LogP contribution >= 0.6 is 0 Å². The van der Waals surface area contributed by atoms with E-state index in [0.717, 1.165) is 127 Å². The fourth-order valence-electron chi connectivity index (χ4n) is 8.46. The van der Waals surface area contributed by atoms with Gasteiger partial charge in [-0.2, -0.15) is 0 Å². The summed E-state index contributed by atoms with van der Waals surface area (Å²) in [4.78, 5) is 55.6. The normalized spacial score (nSPS) is 12.4. The minimum Gasteiger partial charge on any atom is -0.480 e. The van der Waals surface area contributed by atoms with E-state index < -0.39 is 17.6 Å². The summed E-state index contributed by atoms with van der Waals surface area (Å²) in [6, 6.07) is 6.87. The number of nitrogens with zero attached hydrogens (tertiary/aromatic N) is 2. The zero-order chi connectivity index (χ0) is 43.1. The number of amides is 2. The Morgan fingerprint density at radius 3 is 1.58 bits per heavy atom. The molecule has 9 heteroatoms. The van der Waals surface area contributed by atoms with Gasteiger partial charge in [-0.25, -0.2) is 9.59 Å². The Morgan fingerprint density at radius 1 is 0.610 bits per heavy atom. The molecule has 0 aliphatic carbocycles. The number of aliphatic carboxylic acids is 1. The van der Waals surface area contributed by atoms with Crippen molar-refractivity contribution in [2.75, 3.05) is 24.5 Å². The average Bonchev–Trinajstić information content (AvgIpc) is 3.22. The van der Waals surface area contributed by atoms with Crippen LogP contribution in [0.15, 0.2) is 33.5 Å². The van der Waals surface area contributed by atoms with Gasteiger partial charge in [0, 0.05) is 49.2 Å². The quantitative estimate of drug-likeness (QED) is 0.0514. The number of rotatable bonds is 37. The zero-order valence-electron chi connectivity index (χ0n) is 38.3. The highest BCUT2D eigenvalue weighted by Crippen LogP contribution is 2.25. The number of hydrogen-bond donors (Lipinski definition) is 2. The number of carboxylic acids is 1. The van der Waals surface area contributed by atoms with Crippen molar-refractivity contribution < 1.29 is 23.9 Å². The maximum atomic E-state index is 14.0. The van der Waals surface area contributed by atoms with Crippen LogP contribution in [0.25, 0.3) is 11.0 Å². The number of nitrogens with one attached hydrogen (secondary N) is 1. The fraction of sp³-hybridized carbons (Fsp3) is 0.760. The number of carbonyl (C=O) groups excluding carboxylic acids is 2. The topological polar surface area (TPSA) is 120 Å². The van der Waals surface area contributed by atoms with Crippen LogP contribution in [0.3, 0.4) is 0 Å². The number of hydrogen-bond acceptors (Lipinski definition) is 6. The molecular weight excluding hydrogens is 739 g/mol. The third-order valence-electron chi connectivity index (χ3n) is 12.2. The van der Waals surface area contributed by atoms with Gasteiger partial charge in [0.25, 0.3) is 5.91 Å². The van der Waals surface area contributed by atoms with Crippen molar-refractivity contribution in [3.63, 3.8) is 0 Å². The molecule has 0 spiro atoms. The Balaban J connectivity index is 1.70. The molecule has 59 heavy (non-hydrogen) atoms. The van der Waals surface area contributed by atoms with E-state index in [1.54, 1.807) is 6.07 Å². The molecule has 2 unspecified atom stereocenters. The zero-order valence-corrected chi connectivity index (χ0v) is 38.3. The summed E-state index contributed by atoms with van der Waals surface area (Å²) in [7, 11) is 0. The second-order valence-electron chi connectivity index (χ2n) is 16.9. The molecule has 336 valence electrons. The van der Waals surface area contributed by atoms with Crippen molar-refractivity contribution in [2.24, 2.45) is 0 Å². The molecule has 0 aliphatic rings. The van der Waals surface area contributed by atoms with Crippen LogP contribution in [0.4, 0.5) is 5.69 Å². The van der Waals surface area contributed by atoms with E-state index in [-0.39, 0.29) is 23.4 Å². The lowest BCUT2D eigenvalue weighted by Crippen LogP contribution is -2.42. The van der Waals surface area contributed by atoms with E-state index in [2.05, 4.69) is 37.9 Å². The Kier molecular flexibility index (Phi) is 28.4. The van der Waals surface area contributed by atoms with Crippen LogP contribution in [0.2, 0.25) is 0 Å². The summed E-state index contributed by atoms with van der Waals surface area (Å²) in [5, 5.41) is 13.2. The molecule has 0 radical (unpaired) electrons. The molecule has 2 aromatic rings. The molecule has 1 heterocycles. The second-order valence-corrected chi connectivity index (χ2v) is 16.9. The van der Waals surface area contributed by atoms with Crippen LogP contribution in [0, 0.1) is 0 Å². The van der Waals surface area contributed by atoms with Gasteiger partial charge in [0.15, 0.2) is 0 Å². The second kappa shape index (κ2) is 32.4. The summed E-state index contributed by atoms with van der Waals surface area (Å²) >= 11 is 0. The molecule has 2 N–H and O–H groups in total. The predicted octanol–water partition coefficient (Wildman–Crippen LogP) is 13.0. The molecular formula is C50H85N3O6. The third kappa shape index (κ3) is 21.1. The van der Waals surface area contributed by atoms with Gasteiger partial charge in [-0.05, 0) is 64.7 Å². The summed E-state index contributed by atoms with van der Waals surface area (Å²) < 4.78 is 5.74. The number of unbranched alkanes of at least 4 members (excludes halogenated alkanes) is 21. The molecule has 9 nitrogen and oxygen atoms in total. The first-order valence-electron chi connectivity index (χ1n) is 24.4. The minimum absolute atomic E-state index is 0.0842. The Hall–Kier alpha value is -3.36. The van der Waals surface area contributed by atoms with Crippen LogP contribution in [-0.4, -0.2) is 59.5 Å². The van der Waals surface area contributed by atoms with Crippen molar-refractivity contribution >= 4 is 34.4 Å². The summed E-state index contributed by atoms with van der Waals surface area (Å²) in [6.07, 6.45) is 30.5.